The van der Waals surface area contributed by atoms with Gasteiger partial charge in [-0.3, -0.25) is 9.52 Å². The van der Waals surface area contributed by atoms with Crippen LogP contribution in [0.4, 0.5) is 5.69 Å². The summed E-state index contributed by atoms with van der Waals surface area (Å²) in [6.45, 7) is 0.397. The van der Waals surface area contributed by atoms with Gasteiger partial charge in [-0.15, -0.1) is 0 Å². The summed E-state index contributed by atoms with van der Waals surface area (Å²) in [5, 5.41) is 2.91. The smallest absolute Gasteiger partial charge is 0.261 e. The number of carbonyl (C=O) groups is 1. The van der Waals surface area contributed by atoms with E-state index in [1.807, 2.05) is 0 Å². The van der Waals surface area contributed by atoms with Crippen LogP contribution in [0.25, 0.3) is 0 Å². The van der Waals surface area contributed by atoms with Crippen molar-refractivity contribution < 1.29 is 17.9 Å². The summed E-state index contributed by atoms with van der Waals surface area (Å²) in [5.41, 5.74) is 6.53. The van der Waals surface area contributed by atoms with Gasteiger partial charge in [0.2, 0.25) is 0 Å². The molecule has 1 aliphatic rings. The summed E-state index contributed by atoms with van der Waals surface area (Å²) in [6.07, 6.45) is 2.16. The molecule has 8 heteroatoms. The Kier molecular flexibility index (Phi) is 5.67. The number of carbonyl (C=O) groups excluding carboxylic acids is 1. The van der Waals surface area contributed by atoms with Crippen LogP contribution in [0.15, 0.2) is 53.4 Å². The first kappa shape index (κ1) is 19.2. The minimum atomic E-state index is -3.75. The first-order valence-corrected chi connectivity index (χ1v) is 10.2. The van der Waals surface area contributed by atoms with Crippen LogP contribution in [0.5, 0.6) is 5.75 Å². The molecular formula is C19H23N3O4S. The lowest BCUT2D eigenvalue weighted by atomic mass is 10.1. The lowest BCUT2D eigenvalue weighted by molar-refractivity contribution is 0.0933. The molecular weight excluding hydrogens is 366 g/mol. The average molecular weight is 389 g/mol. The summed E-state index contributed by atoms with van der Waals surface area (Å²) in [5.74, 6) is 0.840. The van der Waals surface area contributed by atoms with Crippen LogP contribution in [0.2, 0.25) is 0 Å². The number of benzene rings is 2. The van der Waals surface area contributed by atoms with E-state index >= 15 is 0 Å². The Balaban J connectivity index is 1.68. The van der Waals surface area contributed by atoms with Crippen LogP contribution in [0.1, 0.15) is 23.2 Å². The van der Waals surface area contributed by atoms with Crippen molar-refractivity contribution in [2.45, 2.75) is 23.8 Å². The standard InChI is InChI=1S/C19H23N3O4S/c1-26-16-8-6-15(7-9-16)22-27(24,25)17-10-4-14(5-11-17)19(23)21-18(12-20)13-2-3-13/h4-11,13,18,22H,2-3,12,20H2,1H3,(H,21,23). The number of hydrogen-bond donors (Lipinski definition) is 3. The number of nitrogens with two attached hydrogens (primary N) is 1. The van der Waals surface area contributed by atoms with E-state index in [4.69, 9.17) is 10.5 Å². The molecule has 0 saturated heterocycles. The Morgan fingerprint density at radius 3 is 2.30 bits per heavy atom. The number of methoxy groups -OCH3 is 1. The number of hydrogen-bond acceptors (Lipinski definition) is 5. The third-order valence-corrected chi connectivity index (χ3v) is 5.93. The Bertz CT molecular complexity index is 892. The van der Waals surface area contributed by atoms with Crippen LogP contribution in [0.3, 0.4) is 0 Å². The highest BCUT2D eigenvalue weighted by molar-refractivity contribution is 7.92. The third-order valence-electron chi connectivity index (χ3n) is 4.53. The van der Waals surface area contributed by atoms with Crippen molar-refractivity contribution in [2.24, 2.45) is 11.7 Å². The Morgan fingerprint density at radius 1 is 1.15 bits per heavy atom. The highest BCUT2D eigenvalue weighted by Gasteiger charge is 2.31. The van der Waals surface area contributed by atoms with E-state index in [1.54, 1.807) is 24.3 Å². The van der Waals surface area contributed by atoms with Crippen LogP contribution >= 0.6 is 0 Å². The van der Waals surface area contributed by atoms with E-state index < -0.39 is 10.0 Å². The molecule has 144 valence electrons. The summed E-state index contributed by atoms with van der Waals surface area (Å²) in [4.78, 5) is 12.4. The van der Waals surface area contributed by atoms with Gasteiger partial charge in [-0.25, -0.2) is 8.42 Å². The fourth-order valence-electron chi connectivity index (χ4n) is 2.78. The van der Waals surface area contributed by atoms with Crippen molar-refractivity contribution in [3.8, 4) is 5.75 Å². The van der Waals surface area contributed by atoms with Crippen LogP contribution in [0, 0.1) is 5.92 Å². The number of ether oxygens (including phenoxy) is 1. The van der Waals surface area contributed by atoms with E-state index in [2.05, 4.69) is 10.0 Å². The van der Waals surface area contributed by atoms with Crippen molar-refractivity contribution in [1.82, 2.24) is 5.32 Å². The monoisotopic (exact) mass is 389 g/mol. The zero-order valence-corrected chi connectivity index (χ0v) is 15.8. The highest BCUT2D eigenvalue weighted by Crippen LogP contribution is 2.32. The Labute approximate surface area is 159 Å². The predicted molar refractivity (Wildman–Crippen MR) is 103 cm³/mol. The van der Waals surface area contributed by atoms with E-state index in [9.17, 15) is 13.2 Å². The number of nitrogens with one attached hydrogen (secondary N) is 2. The molecule has 1 saturated carbocycles. The molecule has 7 nitrogen and oxygen atoms in total. The molecule has 0 spiro atoms. The topological polar surface area (TPSA) is 111 Å². The largest absolute Gasteiger partial charge is 0.497 e. The van der Waals surface area contributed by atoms with Crippen LogP contribution in [-0.2, 0) is 10.0 Å². The van der Waals surface area contributed by atoms with Gasteiger partial charge < -0.3 is 15.8 Å². The molecule has 0 aliphatic heterocycles. The quantitative estimate of drug-likeness (QED) is 0.639. The molecule has 2 aromatic carbocycles. The molecule has 2 aromatic rings. The molecule has 0 bridgehead atoms. The van der Waals surface area contributed by atoms with Crippen molar-refractivity contribution in [2.75, 3.05) is 18.4 Å². The van der Waals surface area contributed by atoms with Gasteiger partial charge in [0, 0.05) is 23.8 Å². The molecule has 1 fully saturated rings. The molecule has 1 atom stereocenters. The average Bonchev–Trinajstić information content (AvgIpc) is 3.51. The van der Waals surface area contributed by atoms with Crippen molar-refractivity contribution in [1.29, 1.82) is 0 Å². The summed E-state index contributed by atoms with van der Waals surface area (Å²) in [7, 11) is -2.21. The predicted octanol–water partition coefficient (Wildman–Crippen LogP) is 1.96. The molecule has 0 heterocycles. The van der Waals surface area contributed by atoms with Gasteiger partial charge in [0.1, 0.15) is 5.75 Å². The molecule has 1 unspecified atom stereocenters. The molecule has 1 amide bonds. The second-order valence-electron chi connectivity index (χ2n) is 6.51. The number of amides is 1. The highest BCUT2D eigenvalue weighted by atomic mass is 32.2. The molecule has 3 rings (SSSR count). The summed E-state index contributed by atoms with van der Waals surface area (Å²) in [6, 6.07) is 12.4. The molecule has 27 heavy (non-hydrogen) atoms. The first-order chi connectivity index (χ1) is 12.9. The van der Waals surface area contributed by atoms with Crippen LogP contribution in [-0.4, -0.2) is 34.0 Å². The first-order valence-electron chi connectivity index (χ1n) is 8.71. The van der Waals surface area contributed by atoms with Gasteiger partial charge in [-0.1, -0.05) is 0 Å². The van der Waals surface area contributed by atoms with Gasteiger partial charge in [0.25, 0.3) is 15.9 Å². The Hall–Kier alpha value is -2.58. The van der Waals surface area contributed by atoms with E-state index in [0.29, 0.717) is 29.5 Å². The summed E-state index contributed by atoms with van der Waals surface area (Å²) < 4.78 is 32.5. The number of sulfonamides is 1. The third kappa shape index (κ3) is 4.78. The maximum atomic E-state index is 12.5. The zero-order valence-electron chi connectivity index (χ0n) is 15.0. The maximum Gasteiger partial charge on any atom is 0.261 e. The van der Waals surface area contributed by atoms with Gasteiger partial charge in [0.05, 0.1) is 12.0 Å². The van der Waals surface area contributed by atoms with Crippen molar-refractivity contribution in [3.05, 3.63) is 54.1 Å². The van der Waals surface area contributed by atoms with Gasteiger partial charge in [-0.05, 0) is 67.3 Å². The number of rotatable bonds is 8. The minimum absolute atomic E-state index is 0.0300. The van der Waals surface area contributed by atoms with Crippen LogP contribution < -0.4 is 20.5 Å². The fraction of sp³-hybridized carbons (Fsp3) is 0.316. The van der Waals surface area contributed by atoms with Gasteiger partial charge in [-0.2, -0.15) is 0 Å². The van der Waals surface area contributed by atoms with E-state index in [1.165, 1.54) is 31.4 Å². The maximum absolute atomic E-state index is 12.5. The second kappa shape index (κ2) is 7.98. The molecule has 4 N–H and O–H groups in total. The number of anilines is 1. The zero-order chi connectivity index (χ0) is 19.4. The normalized spacial score (nSPS) is 15.0. The lowest BCUT2D eigenvalue weighted by Gasteiger charge is -2.16. The fourth-order valence-corrected chi connectivity index (χ4v) is 3.84. The van der Waals surface area contributed by atoms with E-state index in [0.717, 1.165) is 12.8 Å². The lowest BCUT2D eigenvalue weighted by Crippen LogP contribution is -2.41. The second-order valence-corrected chi connectivity index (χ2v) is 8.19. The van der Waals surface area contributed by atoms with Crippen molar-refractivity contribution in [3.63, 3.8) is 0 Å². The summed E-state index contributed by atoms with van der Waals surface area (Å²) >= 11 is 0. The van der Waals surface area contributed by atoms with Crippen molar-refractivity contribution >= 4 is 21.6 Å². The van der Waals surface area contributed by atoms with E-state index in [-0.39, 0.29) is 16.8 Å². The Morgan fingerprint density at radius 2 is 1.78 bits per heavy atom. The molecule has 0 aromatic heterocycles. The van der Waals surface area contributed by atoms with Gasteiger partial charge >= 0.3 is 0 Å². The van der Waals surface area contributed by atoms with Gasteiger partial charge in [0.15, 0.2) is 0 Å². The minimum Gasteiger partial charge on any atom is -0.497 e. The molecule has 1 aliphatic carbocycles. The SMILES string of the molecule is COc1ccc(NS(=O)(=O)c2ccc(C(=O)NC(CN)C3CC3)cc2)cc1. The molecule has 0 radical (unpaired) electrons.